The monoisotopic (exact) mass is 648 g/mol. The Morgan fingerprint density at radius 3 is 1.15 bits per heavy atom. The number of nitrogens with zero attached hydrogens (tertiary/aromatic N) is 6. The molecule has 1 aliphatic rings. The van der Waals surface area contributed by atoms with Crippen molar-refractivity contribution in [1.29, 1.82) is 0 Å². The molecule has 222 valence electrons. The number of rotatable bonds is 4. The Bertz CT molecular complexity index is 2670. The Morgan fingerprint density at radius 2 is 0.792 bits per heavy atom. The summed E-state index contributed by atoms with van der Waals surface area (Å²) in [7, 11) is 0. The van der Waals surface area contributed by atoms with Crippen LogP contribution in [0.4, 0.5) is 11.6 Å². The normalized spacial score (nSPS) is 11.8. The van der Waals surface area contributed by atoms with E-state index >= 15 is 0 Å². The van der Waals surface area contributed by atoms with Crippen LogP contribution >= 0.6 is 24.4 Å². The molecule has 0 saturated carbocycles. The zero-order chi connectivity index (χ0) is 31.9. The van der Waals surface area contributed by atoms with Crippen molar-refractivity contribution in [2.24, 2.45) is 9.98 Å². The van der Waals surface area contributed by atoms with Gasteiger partial charge in [0.2, 0.25) is 11.6 Å². The van der Waals surface area contributed by atoms with Crippen LogP contribution in [0.5, 0.6) is 0 Å². The highest BCUT2D eigenvalue weighted by Gasteiger charge is 2.30. The quantitative estimate of drug-likeness (QED) is 0.141. The number of thiocarbonyl (C=S) groups is 2. The predicted octanol–water partition coefficient (Wildman–Crippen LogP) is 10.9. The summed E-state index contributed by atoms with van der Waals surface area (Å²) in [6.45, 7) is 0. The van der Waals surface area contributed by atoms with E-state index in [1.807, 2.05) is 0 Å². The minimum atomic E-state index is 0.260. The molecule has 9 aromatic rings. The zero-order valence-corrected chi connectivity index (χ0v) is 26.7. The molecule has 3 heterocycles. The van der Waals surface area contributed by atoms with Crippen molar-refractivity contribution < 1.29 is 0 Å². The van der Waals surface area contributed by atoms with Crippen LogP contribution in [0.25, 0.3) is 88.3 Å². The van der Waals surface area contributed by atoms with Gasteiger partial charge in [-0.25, -0.2) is 9.97 Å². The molecule has 0 atom stereocenters. The van der Waals surface area contributed by atoms with E-state index in [4.69, 9.17) is 34.4 Å². The van der Waals surface area contributed by atoms with Crippen LogP contribution in [0.2, 0.25) is 0 Å². The molecule has 3 aromatic heterocycles. The smallest absolute Gasteiger partial charge is 0.209 e. The molecule has 6 aromatic carbocycles. The molecule has 0 amide bonds. The van der Waals surface area contributed by atoms with Gasteiger partial charge in [-0.05, 0) is 73.0 Å². The van der Waals surface area contributed by atoms with Crippen LogP contribution in [-0.4, -0.2) is 29.4 Å². The molecule has 0 aliphatic heterocycles. The first-order valence-electron chi connectivity index (χ1n) is 15.4. The second-order valence-corrected chi connectivity index (χ2v) is 12.1. The summed E-state index contributed by atoms with van der Waals surface area (Å²) in [6, 6.07) is 43.1. The Morgan fingerprint density at radius 1 is 0.438 bits per heavy atom. The summed E-state index contributed by atoms with van der Waals surface area (Å²) in [5.74, 6) is 0.521. The maximum Gasteiger partial charge on any atom is 0.209 e. The summed E-state index contributed by atoms with van der Waals surface area (Å²) in [4.78, 5) is 18.2. The van der Waals surface area contributed by atoms with E-state index in [2.05, 4.69) is 151 Å². The number of aromatic nitrogens is 4. The number of benzene rings is 6. The minimum Gasteiger partial charge on any atom is -0.309 e. The van der Waals surface area contributed by atoms with Gasteiger partial charge in [0.25, 0.3) is 0 Å². The number of aliphatic imine (C=N–C) groups is 2. The van der Waals surface area contributed by atoms with Crippen molar-refractivity contribution in [1.82, 2.24) is 19.1 Å². The van der Waals surface area contributed by atoms with Crippen LogP contribution < -0.4 is 0 Å². The van der Waals surface area contributed by atoms with Crippen molar-refractivity contribution >= 4 is 101 Å². The Labute approximate surface area is 284 Å². The fraction of sp³-hybridized carbons (Fsp3) is 0. The summed E-state index contributed by atoms with van der Waals surface area (Å²) < 4.78 is 4.77. The third kappa shape index (κ3) is 3.57. The number of fused-ring (bicyclic) bond motifs is 9. The van der Waals surface area contributed by atoms with Gasteiger partial charge in [0, 0.05) is 43.4 Å². The molecular weight excluding hydrogens is 629 g/mol. The molecule has 0 radical (unpaired) electrons. The van der Waals surface area contributed by atoms with Gasteiger partial charge in [0.1, 0.15) is 0 Å². The summed E-state index contributed by atoms with van der Waals surface area (Å²) in [5, 5.41) is 11.8. The second-order valence-electron chi connectivity index (χ2n) is 11.7. The van der Waals surface area contributed by atoms with Crippen LogP contribution in [0.1, 0.15) is 0 Å². The van der Waals surface area contributed by atoms with Gasteiger partial charge >= 0.3 is 0 Å². The van der Waals surface area contributed by atoms with Crippen LogP contribution in [0, 0.1) is 0 Å². The standard InChI is InChI=1S/C40H20N6S2/c47-21-41-39-40(42-22-48)44-38-28-18-20-34(46-31-15-7-3-11-25(31)26-12-4-8-16-32(26)46)36-33(19-17-27(35(28)36)37(38)43-39)45-29-13-5-1-9-23(29)24-10-2-6-14-30(24)45/h1-20H. The number of hydrogen-bond donors (Lipinski definition) is 0. The van der Waals surface area contributed by atoms with E-state index in [9.17, 15) is 0 Å². The van der Waals surface area contributed by atoms with E-state index in [0.29, 0.717) is 0 Å². The lowest BCUT2D eigenvalue weighted by molar-refractivity contribution is 1.17. The third-order valence-electron chi connectivity index (χ3n) is 9.43. The molecule has 0 fully saturated rings. The zero-order valence-electron chi connectivity index (χ0n) is 25.0. The van der Waals surface area contributed by atoms with Gasteiger partial charge < -0.3 is 9.13 Å². The Hall–Kier alpha value is -6.14. The largest absolute Gasteiger partial charge is 0.309 e. The van der Waals surface area contributed by atoms with E-state index < -0.39 is 0 Å². The molecule has 1 aliphatic carbocycles. The van der Waals surface area contributed by atoms with Crippen LogP contribution in [0.15, 0.2) is 131 Å². The first kappa shape index (κ1) is 27.0. The van der Waals surface area contributed by atoms with Gasteiger partial charge in [0.15, 0.2) is 0 Å². The van der Waals surface area contributed by atoms with E-state index in [1.54, 1.807) is 0 Å². The van der Waals surface area contributed by atoms with Gasteiger partial charge in [-0.15, -0.1) is 0 Å². The van der Waals surface area contributed by atoms with Crippen molar-refractivity contribution in [3.05, 3.63) is 121 Å². The van der Waals surface area contributed by atoms with Crippen LogP contribution in [0.3, 0.4) is 0 Å². The van der Waals surface area contributed by atoms with Crippen molar-refractivity contribution in [2.45, 2.75) is 0 Å². The van der Waals surface area contributed by atoms with Crippen molar-refractivity contribution in [3.8, 4) is 33.9 Å². The summed E-state index contributed by atoms with van der Waals surface area (Å²) in [6.07, 6.45) is 0. The van der Waals surface area contributed by atoms with Crippen LogP contribution in [-0.2, 0) is 0 Å². The maximum atomic E-state index is 4.94. The highest BCUT2D eigenvalue weighted by molar-refractivity contribution is 7.78. The third-order valence-corrected chi connectivity index (χ3v) is 9.61. The fourth-order valence-electron chi connectivity index (χ4n) is 7.62. The molecule has 0 unspecified atom stereocenters. The average Bonchev–Trinajstić information content (AvgIpc) is 3.75. The number of isothiocyanates is 2. The Balaban J connectivity index is 1.42. The molecule has 48 heavy (non-hydrogen) atoms. The predicted molar refractivity (Wildman–Crippen MR) is 202 cm³/mol. The molecule has 6 nitrogen and oxygen atoms in total. The fourth-order valence-corrected chi connectivity index (χ4v) is 7.79. The first-order valence-corrected chi connectivity index (χ1v) is 16.2. The van der Waals surface area contributed by atoms with Gasteiger partial charge in [-0.1, -0.05) is 72.8 Å². The summed E-state index contributed by atoms with van der Waals surface area (Å²) >= 11 is 9.88. The molecule has 0 saturated heterocycles. The first-order chi connectivity index (χ1) is 23.8. The molecule has 0 bridgehead atoms. The maximum absolute atomic E-state index is 4.94. The SMILES string of the molecule is S=C=Nc1nc2c(nc1N=C=S)-c1ccc(-n3c4ccccc4c4ccccc43)c3c(-n4c5ccccc5c5ccccc54)ccc-2c13. The van der Waals surface area contributed by atoms with E-state index in [-0.39, 0.29) is 11.6 Å². The van der Waals surface area contributed by atoms with Crippen molar-refractivity contribution in [2.75, 3.05) is 0 Å². The van der Waals surface area contributed by atoms with Gasteiger partial charge in [-0.2, -0.15) is 9.98 Å². The topological polar surface area (TPSA) is 60.4 Å². The molecule has 10 rings (SSSR count). The summed E-state index contributed by atoms with van der Waals surface area (Å²) in [5.41, 5.74) is 10.0. The average molecular weight is 649 g/mol. The highest BCUT2D eigenvalue weighted by atomic mass is 32.1. The Kier molecular flexibility index (Phi) is 5.73. The lowest BCUT2D eigenvalue weighted by Crippen LogP contribution is -2.01. The van der Waals surface area contributed by atoms with E-state index in [1.165, 1.54) is 21.5 Å². The highest BCUT2D eigenvalue weighted by Crippen LogP contribution is 2.51. The van der Waals surface area contributed by atoms with Gasteiger partial charge in [0.05, 0.1) is 55.2 Å². The lowest BCUT2D eigenvalue weighted by Gasteiger charge is -2.18. The second kappa shape index (κ2) is 10.2. The lowest BCUT2D eigenvalue weighted by atomic mass is 9.99. The van der Waals surface area contributed by atoms with E-state index in [0.717, 1.165) is 66.7 Å². The minimum absolute atomic E-state index is 0.260. The number of hydrogen-bond acceptors (Lipinski definition) is 6. The molecule has 0 spiro atoms. The molecule has 0 N–H and O–H groups in total. The molecule has 8 heteroatoms. The van der Waals surface area contributed by atoms with Crippen molar-refractivity contribution in [3.63, 3.8) is 0 Å². The molecular formula is C40H20N6S2. The number of para-hydroxylation sites is 4. The van der Waals surface area contributed by atoms with Gasteiger partial charge in [-0.3, -0.25) is 0 Å².